The highest BCUT2D eigenvalue weighted by atomic mass is 35.5. The third-order valence-electron chi connectivity index (χ3n) is 3.13. The quantitative estimate of drug-likeness (QED) is 0.881. The molecule has 0 atom stereocenters. The van der Waals surface area contributed by atoms with Crippen LogP contribution in [-0.4, -0.2) is 20.1 Å². The van der Waals surface area contributed by atoms with Crippen LogP contribution < -0.4 is 5.32 Å². The first-order chi connectivity index (χ1) is 10.5. The van der Waals surface area contributed by atoms with E-state index in [1.165, 1.54) is 12.1 Å². The average molecular weight is 338 g/mol. The zero-order chi connectivity index (χ0) is 16.0. The number of hydrogen-bond donors (Lipinski definition) is 1. The van der Waals surface area contributed by atoms with E-state index in [1.807, 2.05) is 12.1 Å². The van der Waals surface area contributed by atoms with Crippen molar-refractivity contribution in [3.05, 3.63) is 65.2 Å². The van der Waals surface area contributed by atoms with Gasteiger partial charge in [0, 0.05) is 18.0 Å². The van der Waals surface area contributed by atoms with E-state index in [1.54, 1.807) is 30.3 Å². The van der Waals surface area contributed by atoms with Crippen molar-refractivity contribution in [3.63, 3.8) is 0 Å². The van der Waals surface area contributed by atoms with Gasteiger partial charge < -0.3 is 5.32 Å². The molecular weight excluding hydrogens is 322 g/mol. The van der Waals surface area contributed by atoms with E-state index >= 15 is 0 Å². The van der Waals surface area contributed by atoms with Gasteiger partial charge in [0.2, 0.25) is 5.91 Å². The summed E-state index contributed by atoms with van der Waals surface area (Å²) in [5, 5.41) is 3.25. The van der Waals surface area contributed by atoms with Gasteiger partial charge in [-0.05, 0) is 23.8 Å². The zero-order valence-corrected chi connectivity index (χ0v) is 13.4. The molecule has 0 radical (unpaired) electrons. The van der Waals surface area contributed by atoms with E-state index in [0.29, 0.717) is 5.02 Å². The second-order valence-corrected chi connectivity index (χ2v) is 7.27. The van der Waals surface area contributed by atoms with Gasteiger partial charge in [0.1, 0.15) is 0 Å². The fourth-order valence-electron chi connectivity index (χ4n) is 1.90. The minimum atomic E-state index is -3.43. The smallest absolute Gasteiger partial charge is 0.221 e. The summed E-state index contributed by atoms with van der Waals surface area (Å²) in [5.74, 6) is -0.537. The van der Waals surface area contributed by atoms with Gasteiger partial charge >= 0.3 is 0 Å². The Labute approximate surface area is 135 Å². The number of sulfone groups is 1. The number of halogens is 1. The summed E-state index contributed by atoms with van der Waals surface area (Å²) in [6, 6.07) is 15.3. The molecule has 0 aromatic heterocycles. The van der Waals surface area contributed by atoms with E-state index in [-0.39, 0.29) is 29.5 Å². The molecule has 0 aliphatic rings. The second kappa shape index (κ2) is 7.42. The van der Waals surface area contributed by atoms with Crippen molar-refractivity contribution >= 4 is 27.3 Å². The first-order valence-electron chi connectivity index (χ1n) is 6.77. The Balaban J connectivity index is 1.87. The molecule has 0 spiro atoms. The minimum Gasteiger partial charge on any atom is -0.352 e. The Hall–Kier alpha value is -1.85. The van der Waals surface area contributed by atoms with Crippen molar-refractivity contribution in [2.24, 2.45) is 0 Å². The largest absolute Gasteiger partial charge is 0.352 e. The molecule has 1 N–H and O–H groups in total. The van der Waals surface area contributed by atoms with Crippen molar-refractivity contribution in [1.29, 1.82) is 0 Å². The number of hydrogen-bond acceptors (Lipinski definition) is 3. The molecule has 2 aromatic carbocycles. The Bertz CT molecular complexity index is 745. The van der Waals surface area contributed by atoms with Crippen LogP contribution in [0.1, 0.15) is 12.0 Å². The molecular formula is C16H16ClNO3S. The van der Waals surface area contributed by atoms with Crippen LogP contribution >= 0.6 is 11.6 Å². The molecule has 0 aliphatic heterocycles. The molecule has 2 aromatic rings. The van der Waals surface area contributed by atoms with Gasteiger partial charge in [-0.25, -0.2) is 8.42 Å². The summed E-state index contributed by atoms with van der Waals surface area (Å²) < 4.78 is 24.1. The lowest BCUT2D eigenvalue weighted by Gasteiger charge is -2.07. The molecule has 4 nitrogen and oxygen atoms in total. The van der Waals surface area contributed by atoms with Crippen LogP contribution in [0, 0.1) is 0 Å². The number of benzene rings is 2. The van der Waals surface area contributed by atoms with Gasteiger partial charge in [-0.1, -0.05) is 48.0 Å². The Kier molecular flexibility index (Phi) is 5.57. The van der Waals surface area contributed by atoms with Crippen LogP contribution in [0.15, 0.2) is 59.5 Å². The maximum absolute atomic E-state index is 12.1. The third kappa shape index (κ3) is 4.58. The number of nitrogens with one attached hydrogen (secondary N) is 1. The lowest BCUT2D eigenvalue weighted by atomic mass is 10.2. The average Bonchev–Trinajstić information content (AvgIpc) is 2.53. The molecule has 6 heteroatoms. The standard InChI is InChI=1S/C16H16ClNO3S/c17-15-9-5-4-6-13(15)12-18-16(19)10-11-22(20,21)14-7-2-1-3-8-14/h1-9H,10-12H2,(H,18,19). The van der Waals surface area contributed by atoms with Crippen molar-refractivity contribution in [2.45, 2.75) is 17.9 Å². The van der Waals surface area contributed by atoms with E-state index < -0.39 is 9.84 Å². The van der Waals surface area contributed by atoms with Crippen LogP contribution in [0.2, 0.25) is 5.02 Å². The number of carbonyl (C=O) groups excluding carboxylic acids is 1. The minimum absolute atomic E-state index is 0.0817. The van der Waals surface area contributed by atoms with Gasteiger partial charge in [0.15, 0.2) is 9.84 Å². The SMILES string of the molecule is O=C(CCS(=O)(=O)c1ccccc1)NCc1ccccc1Cl. The van der Waals surface area contributed by atoms with Crippen LogP contribution in [0.5, 0.6) is 0 Å². The van der Waals surface area contributed by atoms with Gasteiger partial charge in [-0.2, -0.15) is 0 Å². The van der Waals surface area contributed by atoms with E-state index in [4.69, 9.17) is 11.6 Å². The van der Waals surface area contributed by atoms with Crippen molar-refractivity contribution in [1.82, 2.24) is 5.32 Å². The van der Waals surface area contributed by atoms with Crippen LogP contribution in [0.25, 0.3) is 0 Å². The first-order valence-corrected chi connectivity index (χ1v) is 8.80. The highest BCUT2D eigenvalue weighted by molar-refractivity contribution is 7.91. The molecule has 0 saturated carbocycles. The lowest BCUT2D eigenvalue weighted by Crippen LogP contribution is -2.25. The van der Waals surface area contributed by atoms with Crippen molar-refractivity contribution in [2.75, 3.05) is 5.75 Å². The van der Waals surface area contributed by atoms with Crippen LogP contribution in [0.4, 0.5) is 0 Å². The number of carbonyl (C=O) groups is 1. The summed E-state index contributed by atoms with van der Waals surface area (Å²) in [6.07, 6.45) is -0.0817. The monoisotopic (exact) mass is 337 g/mol. The predicted octanol–water partition coefficient (Wildman–Crippen LogP) is 2.82. The third-order valence-corrected chi connectivity index (χ3v) is 5.23. The molecule has 2 rings (SSSR count). The van der Waals surface area contributed by atoms with E-state index in [2.05, 4.69) is 5.32 Å². The normalized spacial score (nSPS) is 11.1. The van der Waals surface area contributed by atoms with E-state index in [0.717, 1.165) is 5.56 Å². The molecule has 0 aliphatic carbocycles. The molecule has 1 amide bonds. The lowest BCUT2D eigenvalue weighted by molar-refractivity contribution is -0.120. The topological polar surface area (TPSA) is 63.2 Å². The Morgan fingerprint density at radius 3 is 2.32 bits per heavy atom. The van der Waals surface area contributed by atoms with E-state index in [9.17, 15) is 13.2 Å². The maximum atomic E-state index is 12.1. The molecule has 0 fully saturated rings. The molecule has 0 saturated heterocycles. The molecule has 116 valence electrons. The van der Waals surface area contributed by atoms with Gasteiger partial charge in [0.05, 0.1) is 10.6 Å². The summed E-state index contributed by atoms with van der Waals surface area (Å²) in [6.45, 7) is 0.282. The van der Waals surface area contributed by atoms with Crippen molar-refractivity contribution < 1.29 is 13.2 Å². The zero-order valence-electron chi connectivity index (χ0n) is 11.8. The summed E-state index contributed by atoms with van der Waals surface area (Å²) >= 11 is 5.99. The molecule has 0 heterocycles. The molecule has 22 heavy (non-hydrogen) atoms. The first kappa shape index (κ1) is 16.5. The second-order valence-electron chi connectivity index (χ2n) is 4.75. The van der Waals surface area contributed by atoms with Gasteiger partial charge in [0.25, 0.3) is 0 Å². The van der Waals surface area contributed by atoms with Crippen LogP contribution in [-0.2, 0) is 21.2 Å². The maximum Gasteiger partial charge on any atom is 0.221 e. The summed E-state index contributed by atoms with van der Waals surface area (Å²) in [7, 11) is -3.43. The van der Waals surface area contributed by atoms with Gasteiger partial charge in [-0.3, -0.25) is 4.79 Å². The Morgan fingerprint density at radius 1 is 1.00 bits per heavy atom. The Morgan fingerprint density at radius 2 is 1.64 bits per heavy atom. The fourth-order valence-corrected chi connectivity index (χ4v) is 3.36. The highest BCUT2D eigenvalue weighted by Crippen LogP contribution is 2.14. The summed E-state index contributed by atoms with van der Waals surface area (Å²) in [4.78, 5) is 12.0. The van der Waals surface area contributed by atoms with Crippen molar-refractivity contribution in [3.8, 4) is 0 Å². The summed E-state index contributed by atoms with van der Waals surface area (Å²) in [5.41, 5.74) is 0.795. The van der Waals surface area contributed by atoms with Crippen LogP contribution in [0.3, 0.4) is 0 Å². The predicted molar refractivity (Wildman–Crippen MR) is 86.4 cm³/mol. The fraction of sp³-hybridized carbons (Fsp3) is 0.188. The molecule has 0 unspecified atom stereocenters. The molecule has 0 bridgehead atoms. The van der Waals surface area contributed by atoms with Gasteiger partial charge in [-0.15, -0.1) is 0 Å². The number of amides is 1. The number of rotatable bonds is 6. The highest BCUT2D eigenvalue weighted by Gasteiger charge is 2.16.